The van der Waals surface area contributed by atoms with E-state index >= 15 is 0 Å². The summed E-state index contributed by atoms with van der Waals surface area (Å²) < 4.78 is 39.0. The molecule has 2 rings (SSSR count). The molecule has 8 heteroatoms. The molecule has 0 spiro atoms. The second-order valence-corrected chi connectivity index (χ2v) is 4.34. The third-order valence-corrected chi connectivity index (χ3v) is 2.56. The molecule has 0 radical (unpaired) electrons. The first-order valence-electron chi connectivity index (χ1n) is 5.60. The molecule has 1 unspecified atom stereocenters. The van der Waals surface area contributed by atoms with Crippen molar-refractivity contribution < 1.29 is 18.3 Å². The van der Waals surface area contributed by atoms with Gasteiger partial charge in [0, 0.05) is 32.1 Å². The summed E-state index contributed by atoms with van der Waals surface area (Å²) in [5, 5.41) is 12.8. The van der Waals surface area contributed by atoms with Gasteiger partial charge in [-0.05, 0) is 6.92 Å². The monoisotopic (exact) mass is 274 g/mol. The SMILES string of the molecule is CC(O)CN(C)c1nccn2nc(C(F)(F)F)cc12. The van der Waals surface area contributed by atoms with Crippen molar-refractivity contribution in [2.45, 2.75) is 19.2 Å². The van der Waals surface area contributed by atoms with Crippen LogP contribution in [0.1, 0.15) is 12.6 Å². The van der Waals surface area contributed by atoms with Gasteiger partial charge in [-0.15, -0.1) is 0 Å². The number of hydrogen-bond donors (Lipinski definition) is 1. The van der Waals surface area contributed by atoms with E-state index in [0.29, 0.717) is 5.82 Å². The standard InChI is InChI=1S/C11H13F3N4O/c1-7(19)6-17(2)10-8-5-9(11(12,13)14)16-18(8)4-3-15-10/h3-5,7,19H,6H2,1-2H3. The molecule has 104 valence electrons. The van der Waals surface area contributed by atoms with Crippen molar-refractivity contribution >= 4 is 11.3 Å². The summed E-state index contributed by atoms with van der Waals surface area (Å²) in [5.74, 6) is 0.339. The highest BCUT2D eigenvalue weighted by molar-refractivity contribution is 5.69. The molecule has 0 aromatic carbocycles. The maximum atomic E-state index is 12.6. The molecule has 1 atom stereocenters. The molecule has 0 aliphatic rings. The van der Waals surface area contributed by atoms with E-state index in [4.69, 9.17) is 0 Å². The van der Waals surface area contributed by atoms with Gasteiger partial charge < -0.3 is 10.0 Å². The molecule has 0 saturated carbocycles. The zero-order valence-corrected chi connectivity index (χ0v) is 10.4. The normalized spacial score (nSPS) is 13.8. The van der Waals surface area contributed by atoms with Gasteiger partial charge in [-0.1, -0.05) is 0 Å². The number of hydrogen-bond acceptors (Lipinski definition) is 4. The molecule has 19 heavy (non-hydrogen) atoms. The van der Waals surface area contributed by atoms with Gasteiger partial charge in [0.2, 0.25) is 0 Å². The zero-order chi connectivity index (χ0) is 14.2. The van der Waals surface area contributed by atoms with Crippen LogP contribution in [0.2, 0.25) is 0 Å². The van der Waals surface area contributed by atoms with Crippen LogP contribution in [-0.2, 0) is 6.18 Å². The Balaban J connectivity index is 2.48. The van der Waals surface area contributed by atoms with Crippen LogP contribution in [0.5, 0.6) is 0 Å². The van der Waals surface area contributed by atoms with Crippen LogP contribution in [0.25, 0.3) is 5.52 Å². The van der Waals surface area contributed by atoms with E-state index in [2.05, 4.69) is 10.1 Å². The molecular formula is C11H13F3N4O. The van der Waals surface area contributed by atoms with Crippen molar-refractivity contribution in [3.63, 3.8) is 0 Å². The van der Waals surface area contributed by atoms with Crippen LogP contribution in [0.4, 0.5) is 19.0 Å². The number of alkyl halides is 3. The number of fused-ring (bicyclic) bond motifs is 1. The fourth-order valence-corrected chi connectivity index (χ4v) is 1.82. The highest BCUT2D eigenvalue weighted by Gasteiger charge is 2.34. The zero-order valence-electron chi connectivity index (χ0n) is 10.4. The summed E-state index contributed by atoms with van der Waals surface area (Å²) in [6.07, 6.45) is -2.39. The number of aliphatic hydroxyl groups excluding tert-OH is 1. The van der Waals surface area contributed by atoms with Crippen LogP contribution in [0, 0.1) is 0 Å². The summed E-state index contributed by atoms with van der Waals surface area (Å²) in [7, 11) is 1.65. The van der Waals surface area contributed by atoms with Gasteiger partial charge in [0.15, 0.2) is 11.5 Å². The highest BCUT2D eigenvalue weighted by Crippen LogP contribution is 2.30. The summed E-state index contributed by atoms with van der Waals surface area (Å²) in [4.78, 5) is 5.63. The second-order valence-electron chi connectivity index (χ2n) is 4.34. The molecule has 2 aromatic heterocycles. The predicted octanol–water partition coefficient (Wildman–Crippen LogP) is 1.57. The number of rotatable bonds is 3. The minimum atomic E-state index is -4.49. The van der Waals surface area contributed by atoms with Gasteiger partial charge in [-0.3, -0.25) is 0 Å². The van der Waals surface area contributed by atoms with Crippen LogP contribution in [0.15, 0.2) is 18.5 Å². The Morgan fingerprint density at radius 2 is 2.16 bits per heavy atom. The summed E-state index contributed by atoms with van der Waals surface area (Å²) in [6, 6.07) is 0.945. The smallest absolute Gasteiger partial charge is 0.392 e. The van der Waals surface area contributed by atoms with Crippen molar-refractivity contribution in [3.05, 3.63) is 24.2 Å². The van der Waals surface area contributed by atoms with E-state index in [0.717, 1.165) is 10.6 Å². The largest absolute Gasteiger partial charge is 0.435 e. The first-order chi connectivity index (χ1) is 8.79. The Labute approximate surface area is 107 Å². The number of halogens is 3. The van der Waals surface area contributed by atoms with Gasteiger partial charge in [0.05, 0.1) is 6.10 Å². The molecule has 0 fully saturated rings. The van der Waals surface area contributed by atoms with E-state index in [9.17, 15) is 18.3 Å². The summed E-state index contributed by atoms with van der Waals surface area (Å²) >= 11 is 0. The number of nitrogens with zero attached hydrogens (tertiary/aromatic N) is 4. The summed E-state index contributed by atoms with van der Waals surface area (Å²) in [5.41, 5.74) is -0.717. The lowest BCUT2D eigenvalue weighted by Crippen LogP contribution is -2.28. The third kappa shape index (κ3) is 2.78. The minimum Gasteiger partial charge on any atom is -0.392 e. The van der Waals surface area contributed by atoms with Crippen molar-refractivity contribution in [3.8, 4) is 0 Å². The van der Waals surface area contributed by atoms with Crippen molar-refractivity contribution in [1.82, 2.24) is 14.6 Å². The van der Waals surface area contributed by atoms with E-state index in [-0.39, 0.29) is 12.1 Å². The molecule has 0 aliphatic carbocycles. The van der Waals surface area contributed by atoms with Crippen LogP contribution in [-0.4, -0.2) is 39.4 Å². The highest BCUT2D eigenvalue weighted by atomic mass is 19.4. The van der Waals surface area contributed by atoms with Crippen molar-refractivity contribution in [2.75, 3.05) is 18.5 Å². The molecular weight excluding hydrogens is 261 g/mol. The Hall–Kier alpha value is -1.83. The predicted molar refractivity (Wildman–Crippen MR) is 62.9 cm³/mol. The van der Waals surface area contributed by atoms with Gasteiger partial charge in [0.25, 0.3) is 0 Å². The molecule has 2 heterocycles. The van der Waals surface area contributed by atoms with Crippen LogP contribution in [0.3, 0.4) is 0 Å². The molecule has 0 bridgehead atoms. The number of aliphatic hydroxyl groups is 1. The molecule has 0 amide bonds. The molecule has 0 aliphatic heterocycles. The lowest BCUT2D eigenvalue weighted by atomic mass is 10.3. The van der Waals surface area contributed by atoms with Gasteiger partial charge in [0.1, 0.15) is 5.52 Å². The summed E-state index contributed by atoms with van der Waals surface area (Å²) in [6.45, 7) is 1.85. The third-order valence-electron chi connectivity index (χ3n) is 2.56. The minimum absolute atomic E-state index is 0.248. The molecule has 2 aromatic rings. The number of likely N-dealkylation sites (N-methyl/N-ethyl adjacent to an activating group) is 1. The fraction of sp³-hybridized carbons (Fsp3) is 0.455. The van der Waals surface area contributed by atoms with Crippen molar-refractivity contribution in [1.29, 1.82) is 0 Å². The van der Waals surface area contributed by atoms with Crippen LogP contribution >= 0.6 is 0 Å². The number of aromatic nitrogens is 3. The maximum Gasteiger partial charge on any atom is 0.435 e. The fourth-order valence-electron chi connectivity index (χ4n) is 1.82. The van der Waals surface area contributed by atoms with E-state index < -0.39 is 18.0 Å². The Kier molecular flexibility index (Phi) is 3.36. The lowest BCUT2D eigenvalue weighted by Gasteiger charge is -2.20. The lowest BCUT2D eigenvalue weighted by molar-refractivity contribution is -0.141. The number of anilines is 1. The first-order valence-corrected chi connectivity index (χ1v) is 5.60. The Morgan fingerprint density at radius 1 is 1.47 bits per heavy atom. The van der Waals surface area contributed by atoms with E-state index in [1.807, 2.05) is 0 Å². The van der Waals surface area contributed by atoms with Gasteiger partial charge in [-0.2, -0.15) is 18.3 Å². The van der Waals surface area contributed by atoms with Gasteiger partial charge in [-0.25, -0.2) is 9.50 Å². The first kappa shape index (κ1) is 13.6. The van der Waals surface area contributed by atoms with Crippen molar-refractivity contribution in [2.24, 2.45) is 0 Å². The van der Waals surface area contributed by atoms with Crippen LogP contribution < -0.4 is 4.90 Å². The quantitative estimate of drug-likeness (QED) is 0.923. The van der Waals surface area contributed by atoms with E-state index in [1.165, 1.54) is 12.4 Å². The Bertz CT molecular complexity index is 579. The topological polar surface area (TPSA) is 53.7 Å². The van der Waals surface area contributed by atoms with E-state index in [1.54, 1.807) is 18.9 Å². The molecule has 0 saturated heterocycles. The maximum absolute atomic E-state index is 12.6. The Morgan fingerprint density at radius 3 is 2.74 bits per heavy atom. The van der Waals surface area contributed by atoms with Gasteiger partial charge >= 0.3 is 6.18 Å². The average molecular weight is 274 g/mol. The molecule has 1 N–H and O–H groups in total. The second kappa shape index (κ2) is 4.69. The molecule has 5 nitrogen and oxygen atoms in total. The average Bonchev–Trinajstić information content (AvgIpc) is 2.70.